The lowest BCUT2D eigenvalue weighted by atomic mass is 10.1. The van der Waals surface area contributed by atoms with Gasteiger partial charge in [0.1, 0.15) is 19.8 Å². The number of hydrogen-bond acceptors (Lipinski definition) is 4. The number of carbonyl (C=O) groups excluding carboxylic acids is 1. The van der Waals surface area contributed by atoms with E-state index in [9.17, 15) is 22.8 Å². The van der Waals surface area contributed by atoms with Crippen molar-refractivity contribution in [1.82, 2.24) is 9.88 Å². The van der Waals surface area contributed by atoms with Crippen molar-refractivity contribution in [2.45, 2.75) is 19.1 Å². The molecule has 27 heavy (non-hydrogen) atoms. The van der Waals surface area contributed by atoms with Gasteiger partial charge < -0.3 is 19.4 Å². The lowest BCUT2D eigenvalue weighted by Gasteiger charge is -2.18. The van der Waals surface area contributed by atoms with Gasteiger partial charge in [-0.25, -0.2) is 0 Å². The van der Waals surface area contributed by atoms with Crippen molar-refractivity contribution in [3.63, 3.8) is 0 Å². The third-order valence-corrected chi connectivity index (χ3v) is 3.97. The average molecular weight is 382 g/mol. The van der Waals surface area contributed by atoms with E-state index in [1.807, 2.05) is 12.1 Å². The minimum absolute atomic E-state index is 0.270. The minimum Gasteiger partial charge on any atom is -0.486 e. The van der Waals surface area contributed by atoms with Crippen molar-refractivity contribution in [2.24, 2.45) is 0 Å². The fraction of sp³-hybridized carbons (Fsp3) is 0.333. The van der Waals surface area contributed by atoms with Crippen molar-refractivity contribution in [3.05, 3.63) is 58.0 Å². The van der Waals surface area contributed by atoms with Crippen molar-refractivity contribution >= 4 is 5.91 Å². The van der Waals surface area contributed by atoms with E-state index in [0.717, 1.165) is 16.2 Å². The molecule has 0 saturated heterocycles. The second kappa shape index (κ2) is 7.73. The van der Waals surface area contributed by atoms with Gasteiger partial charge in [-0.1, -0.05) is 6.07 Å². The second-order valence-electron chi connectivity index (χ2n) is 5.96. The largest absolute Gasteiger partial charge is 0.486 e. The first-order valence-corrected chi connectivity index (χ1v) is 8.26. The normalized spacial score (nSPS) is 13.3. The molecule has 1 aliphatic heterocycles. The number of alkyl halides is 3. The molecule has 0 unspecified atom stereocenters. The first kappa shape index (κ1) is 18.8. The second-order valence-corrected chi connectivity index (χ2v) is 5.96. The molecule has 1 aromatic heterocycles. The van der Waals surface area contributed by atoms with E-state index in [2.05, 4.69) is 5.32 Å². The molecule has 144 valence electrons. The molecule has 1 amide bonds. The molecule has 0 spiro atoms. The Morgan fingerprint density at radius 2 is 1.85 bits per heavy atom. The Hall–Kier alpha value is -2.97. The van der Waals surface area contributed by atoms with Crippen LogP contribution < -0.4 is 20.3 Å². The highest BCUT2D eigenvalue weighted by atomic mass is 19.4. The number of fused-ring (bicyclic) bond motifs is 1. The van der Waals surface area contributed by atoms with Crippen molar-refractivity contribution < 1.29 is 27.4 Å². The maximum absolute atomic E-state index is 12.7. The number of benzene rings is 1. The van der Waals surface area contributed by atoms with Gasteiger partial charge in [-0.3, -0.25) is 9.59 Å². The van der Waals surface area contributed by atoms with Crippen LogP contribution in [0.5, 0.6) is 11.5 Å². The van der Waals surface area contributed by atoms with Gasteiger partial charge >= 0.3 is 6.18 Å². The Balaban J connectivity index is 1.55. The number of aromatic nitrogens is 1. The molecule has 0 aliphatic carbocycles. The monoisotopic (exact) mass is 382 g/mol. The number of nitrogens with zero attached hydrogens (tertiary/aromatic N) is 1. The summed E-state index contributed by atoms with van der Waals surface area (Å²) in [6, 6.07) is 6.94. The van der Waals surface area contributed by atoms with Crippen LogP contribution >= 0.6 is 0 Å². The number of ether oxygens (including phenoxy) is 2. The van der Waals surface area contributed by atoms with E-state index < -0.39 is 29.8 Å². The van der Waals surface area contributed by atoms with Gasteiger partial charge in [0.05, 0.1) is 5.56 Å². The SMILES string of the molecule is O=C(Cn1cc(C(F)(F)F)ccc1=O)NCCc1ccc2c(c1)OCCO2. The minimum atomic E-state index is -4.58. The molecule has 1 aromatic carbocycles. The van der Waals surface area contributed by atoms with Gasteiger partial charge in [0.25, 0.3) is 5.56 Å². The Bertz CT molecular complexity index is 893. The molecule has 0 radical (unpaired) electrons. The van der Waals surface area contributed by atoms with Crippen LogP contribution in [0.4, 0.5) is 13.2 Å². The maximum atomic E-state index is 12.7. The molecule has 3 rings (SSSR count). The fourth-order valence-electron chi connectivity index (χ4n) is 2.62. The summed E-state index contributed by atoms with van der Waals surface area (Å²) in [5.74, 6) is 0.757. The average Bonchev–Trinajstić information content (AvgIpc) is 2.62. The molecule has 9 heteroatoms. The van der Waals surface area contributed by atoms with Gasteiger partial charge in [0, 0.05) is 18.8 Å². The summed E-state index contributed by atoms with van der Waals surface area (Å²) in [4.78, 5) is 23.6. The Kier molecular flexibility index (Phi) is 5.38. The molecule has 1 N–H and O–H groups in total. The number of pyridine rings is 1. The summed E-state index contributed by atoms with van der Waals surface area (Å²) < 4.78 is 49.8. The van der Waals surface area contributed by atoms with Gasteiger partial charge in [0.15, 0.2) is 11.5 Å². The van der Waals surface area contributed by atoms with Crippen LogP contribution in [0.1, 0.15) is 11.1 Å². The predicted octanol–water partition coefficient (Wildman–Crippen LogP) is 2.00. The number of hydrogen-bond donors (Lipinski definition) is 1. The number of nitrogens with one attached hydrogen (secondary N) is 1. The summed E-state index contributed by atoms with van der Waals surface area (Å²) in [6.45, 7) is 0.756. The fourth-order valence-corrected chi connectivity index (χ4v) is 2.62. The van der Waals surface area contributed by atoms with Crippen molar-refractivity contribution in [2.75, 3.05) is 19.8 Å². The van der Waals surface area contributed by atoms with E-state index in [4.69, 9.17) is 9.47 Å². The quantitative estimate of drug-likeness (QED) is 0.859. The number of amides is 1. The summed E-state index contributed by atoms with van der Waals surface area (Å²) in [5, 5.41) is 2.59. The topological polar surface area (TPSA) is 69.6 Å². The zero-order chi connectivity index (χ0) is 19.4. The zero-order valence-electron chi connectivity index (χ0n) is 14.2. The molecule has 0 atom stereocenters. The molecule has 0 saturated carbocycles. The molecule has 6 nitrogen and oxygen atoms in total. The number of rotatable bonds is 5. The van der Waals surface area contributed by atoms with Gasteiger partial charge in [-0.15, -0.1) is 0 Å². The van der Waals surface area contributed by atoms with Gasteiger partial charge in [-0.2, -0.15) is 13.2 Å². The zero-order valence-corrected chi connectivity index (χ0v) is 14.2. The standard InChI is InChI=1S/C18H17F3N2O4/c19-18(20,21)13-2-4-17(25)23(10-13)11-16(24)22-6-5-12-1-3-14-15(9-12)27-8-7-26-14/h1-4,9-10H,5-8,11H2,(H,22,24). The third kappa shape index (κ3) is 4.81. The van der Waals surface area contributed by atoms with Crippen molar-refractivity contribution in [3.8, 4) is 11.5 Å². The Morgan fingerprint density at radius 1 is 1.11 bits per heavy atom. The van der Waals surface area contributed by atoms with E-state index >= 15 is 0 Å². The smallest absolute Gasteiger partial charge is 0.417 e. The maximum Gasteiger partial charge on any atom is 0.417 e. The van der Waals surface area contributed by atoms with E-state index in [1.165, 1.54) is 0 Å². The van der Waals surface area contributed by atoms with Crippen LogP contribution in [0.15, 0.2) is 41.3 Å². The molecule has 2 aromatic rings. The lowest BCUT2D eigenvalue weighted by molar-refractivity contribution is -0.138. The van der Waals surface area contributed by atoms with Gasteiger partial charge in [-0.05, 0) is 30.2 Å². The summed E-state index contributed by atoms with van der Waals surface area (Å²) in [5.41, 5.74) is -0.744. The summed E-state index contributed by atoms with van der Waals surface area (Å²) in [6.07, 6.45) is -3.44. The predicted molar refractivity (Wildman–Crippen MR) is 89.8 cm³/mol. The van der Waals surface area contributed by atoms with Crippen LogP contribution in [-0.2, 0) is 23.9 Å². The molecule has 1 aliphatic rings. The van der Waals surface area contributed by atoms with E-state index in [-0.39, 0.29) is 6.54 Å². The van der Waals surface area contributed by atoms with E-state index in [1.54, 1.807) is 6.07 Å². The Morgan fingerprint density at radius 3 is 2.59 bits per heavy atom. The molecule has 2 heterocycles. The number of carbonyl (C=O) groups is 1. The molecule has 0 fully saturated rings. The lowest BCUT2D eigenvalue weighted by Crippen LogP contribution is -2.33. The highest BCUT2D eigenvalue weighted by Gasteiger charge is 2.31. The van der Waals surface area contributed by atoms with Crippen LogP contribution in [0.2, 0.25) is 0 Å². The first-order chi connectivity index (χ1) is 12.8. The van der Waals surface area contributed by atoms with Crippen molar-refractivity contribution in [1.29, 1.82) is 0 Å². The molecular weight excluding hydrogens is 365 g/mol. The van der Waals surface area contributed by atoms with Gasteiger partial charge in [0.2, 0.25) is 5.91 Å². The van der Waals surface area contributed by atoms with E-state index in [0.29, 0.717) is 43.4 Å². The summed E-state index contributed by atoms with van der Waals surface area (Å²) in [7, 11) is 0. The van der Waals surface area contributed by atoms with Crippen LogP contribution in [0.3, 0.4) is 0 Å². The van der Waals surface area contributed by atoms with Crippen LogP contribution in [-0.4, -0.2) is 30.2 Å². The highest BCUT2D eigenvalue weighted by Crippen LogP contribution is 2.30. The summed E-state index contributed by atoms with van der Waals surface area (Å²) >= 11 is 0. The molecule has 0 bridgehead atoms. The Labute approximate surface area is 152 Å². The first-order valence-electron chi connectivity index (χ1n) is 8.26. The van der Waals surface area contributed by atoms with Crippen LogP contribution in [0.25, 0.3) is 0 Å². The van der Waals surface area contributed by atoms with Crippen LogP contribution in [0, 0.1) is 0 Å². The highest BCUT2D eigenvalue weighted by molar-refractivity contribution is 5.75. The number of halogens is 3. The third-order valence-electron chi connectivity index (χ3n) is 3.97. The molecular formula is C18H17F3N2O4.